The Hall–Kier alpha value is -3.05. The number of nitrogens with zero attached hydrogens (tertiary/aromatic N) is 1. The van der Waals surface area contributed by atoms with Gasteiger partial charge in [0.15, 0.2) is 0 Å². The van der Waals surface area contributed by atoms with Crippen molar-refractivity contribution in [2.24, 2.45) is 5.41 Å². The molecule has 1 fully saturated rings. The van der Waals surface area contributed by atoms with Crippen molar-refractivity contribution in [1.82, 2.24) is 10.3 Å². The van der Waals surface area contributed by atoms with Crippen molar-refractivity contribution in [2.45, 2.75) is 25.8 Å². The minimum absolute atomic E-state index is 0.0409. The maximum absolute atomic E-state index is 14.0. The second-order valence-corrected chi connectivity index (χ2v) is 7.79. The summed E-state index contributed by atoms with van der Waals surface area (Å²) in [5.41, 5.74) is 3.15. The van der Waals surface area contributed by atoms with E-state index in [1.807, 2.05) is 24.4 Å². The summed E-state index contributed by atoms with van der Waals surface area (Å²) in [7, 11) is 0. The average Bonchev–Trinajstić information content (AvgIpc) is 2.80. The third kappa shape index (κ3) is 4.57. The molecule has 1 aliphatic rings. The van der Waals surface area contributed by atoms with Crippen molar-refractivity contribution in [2.75, 3.05) is 13.2 Å². The van der Waals surface area contributed by atoms with E-state index in [0.29, 0.717) is 38.0 Å². The van der Waals surface area contributed by atoms with E-state index in [-0.39, 0.29) is 18.3 Å². The van der Waals surface area contributed by atoms with Crippen LogP contribution in [0, 0.1) is 11.2 Å². The van der Waals surface area contributed by atoms with Gasteiger partial charge in [0.05, 0.1) is 5.41 Å². The van der Waals surface area contributed by atoms with Crippen LogP contribution < -0.4 is 5.32 Å². The lowest BCUT2D eigenvalue weighted by Crippen LogP contribution is -2.46. The van der Waals surface area contributed by atoms with E-state index >= 15 is 0 Å². The Labute approximate surface area is 176 Å². The van der Waals surface area contributed by atoms with Crippen molar-refractivity contribution in [1.29, 1.82) is 0 Å². The summed E-state index contributed by atoms with van der Waals surface area (Å²) in [6.07, 6.45) is 5.50. The highest BCUT2D eigenvalue weighted by atomic mass is 19.1. The maximum Gasteiger partial charge on any atom is 0.226 e. The first kappa shape index (κ1) is 20.2. The summed E-state index contributed by atoms with van der Waals surface area (Å²) >= 11 is 0. The quantitative estimate of drug-likeness (QED) is 0.656. The van der Waals surface area contributed by atoms with Crippen LogP contribution in [0.4, 0.5) is 4.39 Å². The van der Waals surface area contributed by atoms with Crippen LogP contribution >= 0.6 is 0 Å². The molecule has 2 aromatic carbocycles. The molecular weight excluding hydrogens is 379 g/mol. The first-order valence-electron chi connectivity index (χ1n) is 10.3. The number of ether oxygens (including phenoxy) is 1. The Morgan fingerprint density at radius 2 is 1.83 bits per heavy atom. The molecule has 0 saturated carbocycles. The van der Waals surface area contributed by atoms with Gasteiger partial charge in [0.25, 0.3) is 0 Å². The zero-order valence-electron chi connectivity index (χ0n) is 16.8. The van der Waals surface area contributed by atoms with Crippen LogP contribution in [-0.4, -0.2) is 24.1 Å². The number of carbonyl (C=O) groups is 1. The van der Waals surface area contributed by atoms with Crippen LogP contribution in [0.3, 0.4) is 0 Å². The number of halogens is 1. The van der Waals surface area contributed by atoms with Crippen LogP contribution in [0.25, 0.3) is 11.1 Å². The lowest BCUT2D eigenvalue weighted by atomic mass is 9.74. The van der Waals surface area contributed by atoms with Gasteiger partial charge in [-0.1, -0.05) is 48.5 Å². The smallest absolute Gasteiger partial charge is 0.226 e. The van der Waals surface area contributed by atoms with E-state index in [2.05, 4.69) is 28.5 Å². The topological polar surface area (TPSA) is 51.2 Å². The molecule has 5 heteroatoms. The SMILES string of the molecule is O=C(NCc1ccccc1F)C1(Cc2cccc(-c3cccnc3)c2)CCOCC1. The Kier molecular flexibility index (Phi) is 6.19. The molecule has 154 valence electrons. The fourth-order valence-corrected chi connectivity index (χ4v) is 4.04. The standard InChI is InChI=1S/C25H25FN2O2/c26-23-9-2-1-6-22(23)18-28-24(29)25(10-13-30-14-11-25)16-19-5-3-7-20(15-19)21-8-4-12-27-17-21/h1-9,12,15,17H,10-11,13-14,16,18H2,(H,28,29). The van der Waals surface area contributed by atoms with Gasteiger partial charge < -0.3 is 10.1 Å². The number of nitrogens with one attached hydrogen (secondary N) is 1. The van der Waals surface area contributed by atoms with Gasteiger partial charge in [0.2, 0.25) is 5.91 Å². The van der Waals surface area contributed by atoms with Gasteiger partial charge in [-0.2, -0.15) is 0 Å². The highest BCUT2D eigenvalue weighted by Gasteiger charge is 2.40. The molecule has 4 nitrogen and oxygen atoms in total. The number of aromatic nitrogens is 1. The number of carbonyl (C=O) groups excluding carboxylic acids is 1. The van der Waals surface area contributed by atoms with Crippen LogP contribution in [0.2, 0.25) is 0 Å². The van der Waals surface area contributed by atoms with Crippen LogP contribution in [0.1, 0.15) is 24.0 Å². The fraction of sp³-hybridized carbons (Fsp3) is 0.280. The van der Waals surface area contributed by atoms with Gasteiger partial charge >= 0.3 is 0 Å². The molecular formula is C25H25FN2O2. The normalized spacial score (nSPS) is 15.5. The summed E-state index contributed by atoms with van der Waals surface area (Å²) in [6, 6.07) is 18.7. The molecule has 1 aliphatic heterocycles. The largest absolute Gasteiger partial charge is 0.381 e. The van der Waals surface area contributed by atoms with Crippen molar-refractivity contribution in [3.05, 3.63) is 90.0 Å². The van der Waals surface area contributed by atoms with E-state index < -0.39 is 5.41 Å². The van der Waals surface area contributed by atoms with Crippen molar-refractivity contribution < 1.29 is 13.9 Å². The van der Waals surface area contributed by atoms with E-state index in [4.69, 9.17) is 4.74 Å². The first-order valence-corrected chi connectivity index (χ1v) is 10.3. The molecule has 30 heavy (non-hydrogen) atoms. The minimum atomic E-state index is -0.558. The molecule has 1 aromatic heterocycles. The molecule has 0 bridgehead atoms. The van der Waals surface area contributed by atoms with Crippen LogP contribution in [-0.2, 0) is 22.5 Å². The highest BCUT2D eigenvalue weighted by molar-refractivity contribution is 5.83. The summed E-state index contributed by atoms with van der Waals surface area (Å²) in [6.45, 7) is 1.29. The Morgan fingerprint density at radius 1 is 1.03 bits per heavy atom. The summed E-state index contributed by atoms with van der Waals surface area (Å²) < 4.78 is 19.5. The number of hydrogen-bond donors (Lipinski definition) is 1. The van der Waals surface area contributed by atoms with Gasteiger partial charge in [-0.05, 0) is 48.1 Å². The molecule has 1 N–H and O–H groups in total. The second kappa shape index (κ2) is 9.18. The molecule has 1 amide bonds. The molecule has 1 saturated heterocycles. The van der Waals surface area contributed by atoms with E-state index in [1.165, 1.54) is 6.07 Å². The average molecular weight is 404 g/mol. The van der Waals surface area contributed by atoms with Crippen molar-refractivity contribution in [3.63, 3.8) is 0 Å². The van der Waals surface area contributed by atoms with Gasteiger partial charge in [-0.15, -0.1) is 0 Å². The molecule has 0 atom stereocenters. The number of hydrogen-bond acceptors (Lipinski definition) is 3. The highest BCUT2D eigenvalue weighted by Crippen LogP contribution is 2.35. The van der Waals surface area contributed by atoms with Gasteiger partial charge in [-0.25, -0.2) is 4.39 Å². The third-order valence-corrected chi connectivity index (χ3v) is 5.79. The van der Waals surface area contributed by atoms with Gasteiger partial charge in [-0.3, -0.25) is 9.78 Å². The number of benzene rings is 2. The number of pyridine rings is 1. The third-order valence-electron chi connectivity index (χ3n) is 5.79. The Balaban J connectivity index is 1.54. The summed E-state index contributed by atoms with van der Waals surface area (Å²) in [5, 5.41) is 2.97. The van der Waals surface area contributed by atoms with Gasteiger partial charge in [0, 0.05) is 37.7 Å². The predicted molar refractivity (Wildman–Crippen MR) is 114 cm³/mol. The molecule has 0 radical (unpaired) electrons. The molecule has 3 aromatic rings. The van der Waals surface area contributed by atoms with E-state index in [9.17, 15) is 9.18 Å². The molecule has 0 unspecified atom stereocenters. The molecule has 0 spiro atoms. The Morgan fingerprint density at radius 3 is 2.60 bits per heavy atom. The number of rotatable bonds is 6. The second-order valence-electron chi connectivity index (χ2n) is 7.79. The van der Waals surface area contributed by atoms with E-state index in [1.54, 1.807) is 24.4 Å². The molecule has 2 heterocycles. The van der Waals surface area contributed by atoms with Crippen molar-refractivity contribution >= 4 is 5.91 Å². The van der Waals surface area contributed by atoms with Crippen molar-refractivity contribution in [3.8, 4) is 11.1 Å². The molecule has 4 rings (SSSR count). The minimum Gasteiger partial charge on any atom is -0.381 e. The zero-order chi connectivity index (χ0) is 20.8. The van der Waals surface area contributed by atoms with Gasteiger partial charge in [0.1, 0.15) is 5.82 Å². The lowest BCUT2D eigenvalue weighted by Gasteiger charge is -2.36. The fourth-order valence-electron chi connectivity index (χ4n) is 4.04. The monoisotopic (exact) mass is 404 g/mol. The first-order chi connectivity index (χ1) is 14.7. The van der Waals surface area contributed by atoms with Crippen LogP contribution in [0.5, 0.6) is 0 Å². The Bertz CT molecular complexity index is 1000. The zero-order valence-corrected chi connectivity index (χ0v) is 16.8. The summed E-state index contributed by atoms with van der Waals surface area (Å²) in [5.74, 6) is -0.344. The predicted octanol–water partition coefficient (Wildman–Crippen LogP) is 4.54. The molecule has 0 aliphatic carbocycles. The maximum atomic E-state index is 14.0. The summed E-state index contributed by atoms with van der Waals surface area (Å²) in [4.78, 5) is 17.5. The number of amides is 1. The van der Waals surface area contributed by atoms with Crippen LogP contribution in [0.15, 0.2) is 73.1 Å². The lowest BCUT2D eigenvalue weighted by molar-refractivity contribution is -0.136. The van der Waals surface area contributed by atoms with E-state index in [0.717, 1.165) is 16.7 Å².